The van der Waals surface area contributed by atoms with Crippen LogP contribution in [-0.4, -0.2) is 30.4 Å². The molecule has 0 atom stereocenters. The van der Waals surface area contributed by atoms with E-state index in [1.54, 1.807) is 6.07 Å². The van der Waals surface area contributed by atoms with Crippen LogP contribution in [0.15, 0.2) is 60.9 Å². The van der Waals surface area contributed by atoms with Crippen LogP contribution in [0.5, 0.6) is 0 Å². The van der Waals surface area contributed by atoms with Crippen molar-refractivity contribution in [2.75, 3.05) is 11.6 Å². The maximum atomic E-state index is 13.1. The predicted molar refractivity (Wildman–Crippen MR) is 102 cm³/mol. The number of aromatic nitrogens is 2. The van der Waals surface area contributed by atoms with Gasteiger partial charge in [-0.05, 0) is 42.0 Å². The molecule has 0 unspecified atom stereocenters. The number of sulfone groups is 1. The molecule has 10 heteroatoms. The zero-order chi connectivity index (χ0) is 21.2. The molecule has 0 radical (unpaired) electrons. The van der Waals surface area contributed by atoms with Gasteiger partial charge in [-0.3, -0.25) is 4.79 Å². The molecule has 0 spiro atoms. The molecule has 0 fully saturated rings. The van der Waals surface area contributed by atoms with E-state index < -0.39 is 27.5 Å². The van der Waals surface area contributed by atoms with Crippen LogP contribution in [0.1, 0.15) is 21.5 Å². The van der Waals surface area contributed by atoms with Crippen molar-refractivity contribution in [1.29, 1.82) is 0 Å². The molecule has 1 N–H and O–H groups in total. The van der Waals surface area contributed by atoms with E-state index in [0.717, 1.165) is 18.4 Å². The fourth-order valence-electron chi connectivity index (χ4n) is 2.67. The molecule has 29 heavy (non-hydrogen) atoms. The maximum absolute atomic E-state index is 13.1. The number of nitrogens with one attached hydrogen (secondary N) is 1. The molecule has 0 bridgehead atoms. The number of nitrogens with zero attached hydrogens (tertiary/aromatic N) is 2. The van der Waals surface area contributed by atoms with Crippen molar-refractivity contribution in [3.05, 3.63) is 77.6 Å². The molecule has 0 saturated carbocycles. The van der Waals surface area contributed by atoms with Crippen molar-refractivity contribution in [2.45, 2.75) is 11.9 Å². The molecule has 3 rings (SSSR count). The fourth-order valence-corrected chi connectivity index (χ4v) is 3.47. The minimum atomic E-state index is -4.57. The number of alkyl halides is 3. The van der Waals surface area contributed by atoms with Crippen LogP contribution < -0.4 is 5.32 Å². The van der Waals surface area contributed by atoms with Gasteiger partial charge in [-0.15, -0.1) is 0 Å². The van der Waals surface area contributed by atoms with Crippen LogP contribution in [0.2, 0.25) is 0 Å². The number of amides is 1. The largest absolute Gasteiger partial charge is 0.416 e. The van der Waals surface area contributed by atoms with Gasteiger partial charge in [0.15, 0.2) is 9.84 Å². The summed E-state index contributed by atoms with van der Waals surface area (Å²) in [5.41, 5.74) is -0.0302. The highest BCUT2D eigenvalue weighted by molar-refractivity contribution is 7.89. The fraction of sp³-hybridized carbons (Fsp3) is 0.158. The van der Waals surface area contributed by atoms with Crippen LogP contribution in [0.3, 0.4) is 0 Å². The van der Waals surface area contributed by atoms with Crippen molar-refractivity contribution >= 4 is 21.4 Å². The third-order valence-corrected chi connectivity index (χ3v) is 4.83. The smallest absolute Gasteiger partial charge is 0.320 e. The van der Waals surface area contributed by atoms with E-state index in [4.69, 9.17) is 0 Å². The second kappa shape index (κ2) is 7.70. The summed E-state index contributed by atoms with van der Waals surface area (Å²) < 4.78 is 63.3. The number of benzene rings is 2. The lowest BCUT2D eigenvalue weighted by molar-refractivity contribution is -0.137. The Morgan fingerprint density at radius 1 is 1.14 bits per heavy atom. The molecule has 1 aromatic heterocycles. The molecule has 3 aromatic rings. The molecule has 2 aromatic carbocycles. The number of hydrogen-bond donors (Lipinski definition) is 1. The van der Waals surface area contributed by atoms with Gasteiger partial charge >= 0.3 is 6.18 Å². The second-order valence-electron chi connectivity index (χ2n) is 6.40. The zero-order valence-corrected chi connectivity index (χ0v) is 16.0. The lowest BCUT2D eigenvalue weighted by Gasteiger charge is -2.15. The second-order valence-corrected chi connectivity index (χ2v) is 8.54. The van der Waals surface area contributed by atoms with Crippen molar-refractivity contribution in [3.8, 4) is 5.69 Å². The van der Waals surface area contributed by atoms with Crippen LogP contribution in [0.25, 0.3) is 5.69 Å². The Balaban J connectivity index is 1.91. The molecule has 0 aliphatic rings. The lowest BCUT2D eigenvalue weighted by Crippen LogP contribution is -2.16. The monoisotopic (exact) mass is 423 g/mol. The van der Waals surface area contributed by atoms with Crippen molar-refractivity contribution in [2.24, 2.45) is 0 Å². The highest BCUT2D eigenvalue weighted by atomic mass is 32.2. The van der Waals surface area contributed by atoms with E-state index in [1.807, 2.05) is 0 Å². The van der Waals surface area contributed by atoms with Gasteiger partial charge in [0.25, 0.3) is 5.91 Å². The summed E-state index contributed by atoms with van der Waals surface area (Å²) >= 11 is 0. The Morgan fingerprint density at radius 2 is 1.83 bits per heavy atom. The third-order valence-electron chi connectivity index (χ3n) is 3.97. The Hall–Kier alpha value is -3.14. The Labute approximate surface area is 164 Å². The SMILES string of the molecule is CS(=O)(=O)Cc1ccc(C(=O)Nc2cc(C(F)(F)F)ccc2-n2cccn2)cc1. The van der Waals surface area contributed by atoms with Gasteiger partial charge in [0, 0.05) is 24.2 Å². The normalized spacial score (nSPS) is 12.0. The van der Waals surface area contributed by atoms with Gasteiger partial charge in [-0.2, -0.15) is 18.3 Å². The van der Waals surface area contributed by atoms with E-state index in [0.29, 0.717) is 5.56 Å². The Morgan fingerprint density at radius 3 is 2.38 bits per heavy atom. The summed E-state index contributed by atoms with van der Waals surface area (Å²) in [6, 6.07) is 10.4. The molecular weight excluding hydrogens is 407 g/mol. The standard InChI is InChI=1S/C19H16F3N3O3S/c1-29(27,28)12-13-3-5-14(6-4-13)18(26)24-16-11-15(19(20,21)22)7-8-17(16)25-10-2-9-23-25/h2-11H,12H2,1H3,(H,24,26). The topological polar surface area (TPSA) is 81.1 Å². The quantitative estimate of drug-likeness (QED) is 0.679. The first-order valence-corrected chi connectivity index (χ1v) is 10.4. The van der Waals surface area contributed by atoms with Gasteiger partial charge in [0.05, 0.1) is 22.7 Å². The minimum Gasteiger partial charge on any atom is -0.320 e. The van der Waals surface area contributed by atoms with Gasteiger partial charge in [0.1, 0.15) is 0 Å². The average molecular weight is 423 g/mol. The van der Waals surface area contributed by atoms with Crippen LogP contribution >= 0.6 is 0 Å². The molecule has 0 saturated heterocycles. The van der Waals surface area contributed by atoms with Crippen LogP contribution in [-0.2, 0) is 21.8 Å². The maximum Gasteiger partial charge on any atom is 0.416 e. The summed E-state index contributed by atoms with van der Waals surface area (Å²) in [5, 5.41) is 6.47. The van der Waals surface area contributed by atoms with Gasteiger partial charge in [-0.1, -0.05) is 12.1 Å². The van der Waals surface area contributed by atoms with Crippen molar-refractivity contribution in [3.63, 3.8) is 0 Å². The molecule has 0 aliphatic carbocycles. The first kappa shape index (κ1) is 20.6. The Bertz CT molecular complexity index is 1120. The number of hydrogen-bond acceptors (Lipinski definition) is 4. The van der Waals surface area contributed by atoms with Crippen LogP contribution in [0, 0.1) is 0 Å². The molecule has 1 heterocycles. The van der Waals surface area contributed by atoms with Crippen molar-refractivity contribution < 1.29 is 26.4 Å². The Kier molecular flexibility index (Phi) is 5.47. The van der Waals surface area contributed by atoms with E-state index in [9.17, 15) is 26.4 Å². The van der Waals surface area contributed by atoms with E-state index in [-0.39, 0.29) is 22.7 Å². The number of carbonyl (C=O) groups is 1. The van der Waals surface area contributed by atoms with E-state index >= 15 is 0 Å². The summed E-state index contributed by atoms with van der Waals surface area (Å²) in [5.74, 6) is -0.810. The van der Waals surface area contributed by atoms with Crippen molar-refractivity contribution in [1.82, 2.24) is 9.78 Å². The van der Waals surface area contributed by atoms with Gasteiger partial charge in [0.2, 0.25) is 0 Å². The number of carbonyl (C=O) groups excluding carboxylic acids is 1. The molecular formula is C19H16F3N3O3S. The third kappa shape index (κ3) is 5.23. The lowest BCUT2D eigenvalue weighted by atomic mass is 10.1. The summed E-state index contributed by atoms with van der Waals surface area (Å²) in [7, 11) is -3.23. The molecule has 152 valence electrons. The summed E-state index contributed by atoms with van der Waals surface area (Å²) in [6.45, 7) is 0. The van der Waals surface area contributed by atoms with Gasteiger partial charge in [-0.25, -0.2) is 13.1 Å². The summed E-state index contributed by atoms with van der Waals surface area (Å²) in [6.07, 6.45) is -0.477. The first-order valence-electron chi connectivity index (χ1n) is 8.32. The molecule has 6 nitrogen and oxygen atoms in total. The zero-order valence-electron chi connectivity index (χ0n) is 15.1. The number of rotatable bonds is 5. The molecule has 0 aliphatic heterocycles. The highest BCUT2D eigenvalue weighted by Crippen LogP contribution is 2.33. The number of halogens is 3. The first-order chi connectivity index (χ1) is 13.5. The summed E-state index contributed by atoms with van der Waals surface area (Å²) in [4.78, 5) is 12.6. The van der Waals surface area contributed by atoms with Gasteiger partial charge < -0.3 is 5.32 Å². The highest BCUT2D eigenvalue weighted by Gasteiger charge is 2.31. The van der Waals surface area contributed by atoms with E-state index in [2.05, 4.69) is 10.4 Å². The van der Waals surface area contributed by atoms with Crippen LogP contribution in [0.4, 0.5) is 18.9 Å². The minimum absolute atomic E-state index is 0.0614. The average Bonchev–Trinajstić information content (AvgIpc) is 3.14. The number of anilines is 1. The predicted octanol–water partition coefficient (Wildman–Crippen LogP) is 3.69. The van der Waals surface area contributed by atoms with E-state index in [1.165, 1.54) is 47.4 Å². The molecule has 1 amide bonds.